The van der Waals surface area contributed by atoms with Crippen molar-refractivity contribution >= 4 is 21.5 Å². The van der Waals surface area contributed by atoms with Crippen LogP contribution in [0.1, 0.15) is 51.5 Å². The van der Waals surface area contributed by atoms with Crippen molar-refractivity contribution in [2.45, 2.75) is 56.9 Å². The van der Waals surface area contributed by atoms with Crippen LogP contribution in [0.15, 0.2) is 35.7 Å². The van der Waals surface area contributed by atoms with Crippen LogP contribution in [0.3, 0.4) is 0 Å². The highest BCUT2D eigenvalue weighted by Crippen LogP contribution is 2.32. The number of nitrogens with one attached hydrogen (secondary N) is 1. The summed E-state index contributed by atoms with van der Waals surface area (Å²) in [6.45, 7) is 8.64. The summed E-state index contributed by atoms with van der Waals surface area (Å²) in [4.78, 5) is 12.7. The molecule has 0 aliphatic carbocycles. The van der Waals surface area contributed by atoms with Gasteiger partial charge in [-0.05, 0) is 37.0 Å². The molecule has 25 heavy (non-hydrogen) atoms. The fourth-order valence-electron chi connectivity index (χ4n) is 3.05. The highest BCUT2D eigenvalue weighted by molar-refractivity contribution is 7.89. The highest BCUT2D eigenvalue weighted by Gasteiger charge is 2.36. The zero-order valence-corrected chi connectivity index (χ0v) is 15.9. The first-order valence-corrected chi connectivity index (χ1v) is 10.4. The van der Waals surface area contributed by atoms with Gasteiger partial charge in [-0.2, -0.15) is 4.31 Å². The van der Waals surface area contributed by atoms with Gasteiger partial charge in [0.1, 0.15) is 6.04 Å². The Balaban J connectivity index is 2.13. The first kappa shape index (κ1) is 19.7. The molecule has 0 fully saturated rings. The number of carbonyl (C=O) groups is 1. The van der Waals surface area contributed by atoms with Crippen LogP contribution in [0, 0.1) is 0 Å². The minimum absolute atomic E-state index is 0.236. The largest absolute Gasteiger partial charge is 0.355 e. The molecule has 5 nitrogen and oxygen atoms in total. The van der Waals surface area contributed by atoms with Crippen LogP contribution in [0.5, 0.6) is 0 Å². The molecule has 2 rings (SSSR count). The number of nitrogens with zero attached hydrogens (tertiary/aromatic N) is 1. The third-order valence-corrected chi connectivity index (χ3v) is 6.66. The Hall–Kier alpha value is -1.66. The van der Waals surface area contributed by atoms with E-state index >= 15 is 0 Å². The summed E-state index contributed by atoms with van der Waals surface area (Å²) in [7, 11) is -3.72. The maximum absolute atomic E-state index is 13.0. The van der Waals surface area contributed by atoms with Crippen molar-refractivity contribution in [3.05, 3.63) is 36.4 Å². The molecule has 138 valence electrons. The van der Waals surface area contributed by atoms with E-state index in [1.807, 2.05) is 6.07 Å². The van der Waals surface area contributed by atoms with Gasteiger partial charge < -0.3 is 5.32 Å². The fraction of sp³-hybridized carbons (Fsp3) is 0.526. The molecule has 0 radical (unpaired) electrons. The standard InChI is InChI=1S/C19H28N2O3S/c1-4-5-6-9-13-20-19(22)16(3)21-14-12-15(2)17-10-7-8-11-18(17)25(21,23)24/h7-8,10-11,16H,2,4-6,9,12-14H2,1,3H3,(H,20,22)/t16-/m1/s1. The van der Waals surface area contributed by atoms with Crippen molar-refractivity contribution in [2.75, 3.05) is 13.1 Å². The second-order valence-electron chi connectivity index (χ2n) is 6.49. The Bertz CT molecular complexity index is 728. The van der Waals surface area contributed by atoms with Gasteiger partial charge in [0.15, 0.2) is 0 Å². The Labute approximate surface area is 151 Å². The number of fused-ring (bicyclic) bond motifs is 1. The molecule has 0 saturated carbocycles. The summed E-state index contributed by atoms with van der Waals surface area (Å²) in [5.41, 5.74) is 1.44. The van der Waals surface area contributed by atoms with Crippen molar-refractivity contribution in [1.29, 1.82) is 0 Å². The third-order valence-electron chi connectivity index (χ3n) is 4.63. The fourth-order valence-corrected chi connectivity index (χ4v) is 4.89. The molecule has 1 atom stereocenters. The quantitative estimate of drug-likeness (QED) is 0.756. The van der Waals surface area contributed by atoms with E-state index < -0.39 is 16.1 Å². The maximum Gasteiger partial charge on any atom is 0.244 e. The zero-order chi connectivity index (χ0) is 18.4. The minimum atomic E-state index is -3.72. The highest BCUT2D eigenvalue weighted by atomic mass is 32.2. The molecular formula is C19H28N2O3S. The molecule has 0 spiro atoms. The van der Waals surface area contributed by atoms with Crippen LogP contribution in [0.2, 0.25) is 0 Å². The van der Waals surface area contributed by atoms with E-state index in [-0.39, 0.29) is 17.3 Å². The number of sulfonamides is 1. The van der Waals surface area contributed by atoms with Gasteiger partial charge in [0, 0.05) is 13.1 Å². The van der Waals surface area contributed by atoms with E-state index in [1.165, 1.54) is 4.31 Å². The van der Waals surface area contributed by atoms with Crippen molar-refractivity contribution in [1.82, 2.24) is 9.62 Å². The van der Waals surface area contributed by atoms with E-state index in [0.717, 1.165) is 31.3 Å². The Morgan fingerprint density at radius 3 is 2.72 bits per heavy atom. The van der Waals surface area contributed by atoms with Crippen LogP contribution in [0.25, 0.3) is 5.57 Å². The minimum Gasteiger partial charge on any atom is -0.355 e. The van der Waals surface area contributed by atoms with Crippen LogP contribution < -0.4 is 5.32 Å². The van der Waals surface area contributed by atoms with Crippen LogP contribution in [-0.4, -0.2) is 37.8 Å². The van der Waals surface area contributed by atoms with Crippen LogP contribution >= 0.6 is 0 Å². The molecule has 1 heterocycles. The third kappa shape index (κ3) is 4.50. The van der Waals surface area contributed by atoms with Gasteiger partial charge in [-0.15, -0.1) is 0 Å². The lowest BCUT2D eigenvalue weighted by atomic mass is 10.0. The van der Waals surface area contributed by atoms with Crippen molar-refractivity contribution < 1.29 is 13.2 Å². The predicted molar refractivity (Wildman–Crippen MR) is 101 cm³/mol. The van der Waals surface area contributed by atoms with Crippen molar-refractivity contribution in [2.24, 2.45) is 0 Å². The molecule has 0 unspecified atom stereocenters. The number of amides is 1. The number of benzene rings is 1. The summed E-state index contributed by atoms with van der Waals surface area (Å²) in [5, 5.41) is 2.86. The van der Waals surface area contributed by atoms with E-state index in [9.17, 15) is 13.2 Å². The van der Waals surface area contributed by atoms with Gasteiger partial charge >= 0.3 is 0 Å². The molecule has 1 aliphatic heterocycles. The molecule has 1 N–H and O–H groups in total. The van der Waals surface area contributed by atoms with E-state index in [0.29, 0.717) is 18.5 Å². The lowest BCUT2D eigenvalue weighted by molar-refractivity contribution is -0.124. The topological polar surface area (TPSA) is 66.5 Å². The normalized spacial score (nSPS) is 18.2. The lowest BCUT2D eigenvalue weighted by Gasteiger charge is -2.26. The summed E-state index contributed by atoms with van der Waals surface area (Å²) < 4.78 is 27.4. The van der Waals surface area contributed by atoms with Gasteiger partial charge in [-0.1, -0.05) is 51.0 Å². The second kappa shape index (κ2) is 8.63. The van der Waals surface area contributed by atoms with Crippen molar-refractivity contribution in [3.63, 3.8) is 0 Å². The predicted octanol–water partition coefficient (Wildman–Crippen LogP) is 3.18. The second-order valence-corrected chi connectivity index (χ2v) is 8.35. The average Bonchev–Trinajstić information content (AvgIpc) is 2.69. The SMILES string of the molecule is C=C1CCN([C@H](C)C(=O)NCCCCCC)S(=O)(=O)c2ccccc21. The Morgan fingerprint density at radius 2 is 2.00 bits per heavy atom. The number of hydrogen-bond acceptors (Lipinski definition) is 3. The van der Waals surface area contributed by atoms with E-state index in [4.69, 9.17) is 0 Å². The first-order valence-electron chi connectivity index (χ1n) is 8.96. The Kier molecular flexibility index (Phi) is 6.79. The van der Waals surface area contributed by atoms with E-state index in [2.05, 4.69) is 18.8 Å². The summed E-state index contributed by atoms with van der Waals surface area (Å²) in [5.74, 6) is -0.245. The molecule has 1 aliphatic rings. The maximum atomic E-state index is 13.0. The van der Waals surface area contributed by atoms with Crippen LogP contribution in [-0.2, 0) is 14.8 Å². The molecule has 6 heteroatoms. The molecule has 0 bridgehead atoms. The number of hydrogen-bond donors (Lipinski definition) is 1. The Morgan fingerprint density at radius 1 is 1.28 bits per heavy atom. The van der Waals surface area contributed by atoms with E-state index in [1.54, 1.807) is 25.1 Å². The zero-order valence-electron chi connectivity index (χ0n) is 15.1. The summed E-state index contributed by atoms with van der Waals surface area (Å²) >= 11 is 0. The lowest BCUT2D eigenvalue weighted by Crippen LogP contribution is -2.48. The van der Waals surface area contributed by atoms with Gasteiger partial charge in [0.2, 0.25) is 15.9 Å². The molecular weight excluding hydrogens is 336 g/mol. The van der Waals surface area contributed by atoms with Gasteiger partial charge in [-0.3, -0.25) is 4.79 Å². The van der Waals surface area contributed by atoms with Crippen LogP contribution in [0.4, 0.5) is 0 Å². The molecule has 1 aromatic rings. The molecule has 1 amide bonds. The smallest absolute Gasteiger partial charge is 0.244 e. The number of unbranched alkanes of at least 4 members (excludes halogenated alkanes) is 3. The summed E-state index contributed by atoms with van der Waals surface area (Å²) in [6.07, 6.45) is 4.79. The molecule has 0 aromatic heterocycles. The van der Waals surface area contributed by atoms with Gasteiger partial charge in [-0.25, -0.2) is 8.42 Å². The van der Waals surface area contributed by atoms with Gasteiger partial charge in [0.05, 0.1) is 4.90 Å². The first-order chi connectivity index (χ1) is 11.9. The monoisotopic (exact) mass is 364 g/mol. The number of carbonyl (C=O) groups excluding carboxylic acids is 1. The van der Waals surface area contributed by atoms with Gasteiger partial charge in [0.25, 0.3) is 0 Å². The molecule has 0 saturated heterocycles. The average molecular weight is 365 g/mol. The summed E-state index contributed by atoms with van der Waals surface area (Å²) in [6, 6.07) is 6.13. The number of rotatable bonds is 7. The molecule has 1 aromatic carbocycles. The van der Waals surface area contributed by atoms with Crippen molar-refractivity contribution in [3.8, 4) is 0 Å².